The van der Waals surface area contributed by atoms with E-state index >= 15 is 0 Å². The highest BCUT2D eigenvalue weighted by Crippen LogP contribution is 2.48. The summed E-state index contributed by atoms with van der Waals surface area (Å²) in [5.74, 6) is 0.161. The van der Waals surface area contributed by atoms with Crippen molar-refractivity contribution in [1.29, 1.82) is 0 Å². The molecule has 172 valence electrons. The molecule has 2 aromatic heterocycles. The van der Waals surface area contributed by atoms with Crippen molar-refractivity contribution in [3.05, 3.63) is 74.8 Å². The van der Waals surface area contributed by atoms with Gasteiger partial charge in [-0.15, -0.1) is 11.3 Å². The minimum Gasteiger partial charge on any atom is -0.326 e. The highest BCUT2D eigenvalue weighted by atomic mass is 35.5. The third-order valence-electron chi connectivity index (χ3n) is 6.11. The molecule has 6 nitrogen and oxygen atoms in total. The molecule has 2 atom stereocenters. The smallest absolute Gasteiger partial charge is 0.326 e. The molecule has 4 heterocycles. The predicted octanol–water partition coefficient (Wildman–Crippen LogP) is 5.25. The average molecular weight is 493 g/mol. The van der Waals surface area contributed by atoms with Crippen LogP contribution in [0.1, 0.15) is 48.5 Å². The van der Waals surface area contributed by atoms with Crippen LogP contribution in [0.4, 0.5) is 13.2 Å². The molecule has 1 saturated heterocycles. The quantitative estimate of drug-likeness (QED) is 0.527. The number of amidine groups is 1. The van der Waals surface area contributed by atoms with Gasteiger partial charge >= 0.3 is 6.55 Å². The van der Waals surface area contributed by atoms with Crippen molar-refractivity contribution in [2.24, 2.45) is 10.7 Å². The van der Waals surface area contributed by atoms with E-state index in [1.165, 1.54) is 35.9 Å². The molecule has 5 rings (SSSR count). The fraction of sp³-hybridized carbons (Fsp3) is 0.318. The monoisotopic (exact) mass is 492 g/mol. The number of halogens is 4. The minimum absolute atomic E-state index is 0.197. The molecular formula is C22H20ClF3N6S. The maximum atomic E-state index is 13.8. The molecule has 2 aliphatic rings. The van der Waals surface area contributed by atoms with Crippen LogP contribution in [0.5, 0.6) is 0 Å². The second kappa shape index (κ2) is 8.27. The molecule has 1 fully saturated rings. The Labute approximate surface area is 197 Å². The second-order valence-electron chi connectivity index (χ2n) is 8.18. The Morgan fingerprint density at radius 2 is 2.18 bits per heavy atom. The number of aromatic nitrogens is 3. The summed E-state index contributed by atoms with van der Waals surface area (Å²) in [5.41, 5.74) is 8.75. The Morgan fingerprint density at radius 3 is 2.82 bits per heavy atom. The number of aliphatic imine (C=N–C) groups is 1. The van der Waals surface area contributed by atoms with Crippen molar-refractivity contribution >= 4 is 34.3 Å². The van der Waals surface area contributed by atoms with Gasteiger partial charge in [0.1, 0.15) is 11.9 Å². The van der Waals surface area contributed by atoms with E-state index in [4.69, 9.17) is 22.3 Å². The van der Waals surface area contributed by atoms with Crippen LogP contribution < -0.4 is 5.73 Å². The summed E-state index contributed by atoms with van der Waals surface area (Å²) in [5, 5.41) is 6.59. The van der Waals surface area contributed by atoms with Gasteiger partial charge in [0, 0.05) is 58.1 Å². The molecule has 0 aliphatic carbocycles. The molecule has 0 amide bonds. The molecule has 1 aromatic carbocycles. The highest BCUT2D eigenvalue weighted by molar-refractivity contribution is 7.11. The normalized spacial score (nSPS) is 22.8. The van der Waals surface area contributed by atoms with Crippen molar-refractivity contribution in [3.63, 3.8) is 0 Å². The number of benzene rings is 1. The molecule has 2 N–H and O–H groups in total. The van der Waals surface area contributed by atoms with Gasteiger partial charge < -0.3 is 10.6 Å². The number of rotatable bonds is 5. The van der Waals surface area contributed by atoms with Crippen molar-refractivity contribution in [3.8, 4) is 0 Å². The van der Waals surface area contributed by atoms with Crippen LogP contribution in [0.3, 0.4) is 0 Å². The third kappa shape index (κ3) is 3.85. The zero-order chi connectivity index (χ0) is 23.3. The van der Waals surface area contributed by atoms with Crippen molar-refractivity contribution in [2.75, 3.05) is 6.54 Å². The Kier molecular flexibility index (Phi) is 5.54. The number of fused-ring (bicyclic) bond motifs is 1. The topological polar surface area (TPSA) is 72.3 Å². The summed E-state index contributed by atoms with van der Waals surface area (Å²) < 4.78 is 41.1. The Morgan fingerprint density at radius 1 is 1.36 bits per heavy atom. The Hall–Kier alpha value is -2.69. The summed E-state index contributed by atoms with van der Waals surface area (Å²) in [6.07, 6.45) is 5.60. The lowest BCUT2D eigenvalue weighted by Gasteiger charge is -2.32. The van der Waals surface area contributed by atoms with Gasteiger partial charge in [-0.25, -0.2) is 14.1 Å². The second-order valence-corrected chi connectivity index (χ2v) is 9.49. The van der Waals surface area contributed by atoms with Crippen LogP contribution in [0.2, 0.25) is 5.02 Å². The van der Waals surface area contributed by atoms with E-state index in [-0.39, 0.29) is 5.02 Å². The fourth-order valence-electron chi connectivity index (χ4n) is 4.35. The number of thiazole rings is 1. The standard InChI is InChI=1S/C22H20ClF3N6S/c1-2-22(27)8-16-17(12-9-29-32(10-12)21(25)26)18(14-4-3-13(24)7-15(14)23)30-19(31(16)11-22)20-28-5-6-33-20/h3-7,9-10,18,21H,2,8,11,27H2,1H3/t18-,22+/m0/s1. The first kappa shape index (κ1) is 22.1. The van der Waals surface area contributed by atoms with E-state index in [1.807, 2.05) is 17.2 Å². The lowest BCUT2D eigenvalue weighted by molar-refractivity contribution is 0.0566. The average Bonchev–Trinajstić information content (AvgIpc) is 3.52. The molecule has 0 bridgehead atoms. The lowest BCUT2D eigenvalue weighted by Crippen LogP contribution is -2.43. The highest BCUT2D eigenvalue weighted by Gasteiger charge is 2.45. The van der Waals surface area contributed by atoms with E-state index in [1.54, 1.807) is 12.3 Å². The van der Waals surface area contributed by atoms with Gasteiger partial charge in [-0.2, -0.15) is 13.9 Å². The van der Waals surface area contributed by atoms with Crippen molar-refractivity contribution < 1.29 is 13.2 Å². The number of hydrogen-bond acceptors (Lipinski definition) is 6. The van der Waals surface area contributed by atoms with Crippen LogP contribution in [0.25, 0.3) is 5.57 Å². The van der Waals surface area contributed by atoms with Gasteiger partial charge in [-0.3, -0.25) is 4.99 Å². The molecule has 3 aromatic rings. The molecule has 0 radical (unpaired) electrons. The Bertz CT molecular complexity index is 1250. The molecule has 33 heavy (non-hydrogen) atoms. The zero-order valence-electron chi connectivity index (χ0n) is 17.6. The van der Waals surface area contributed by atoms with Gasteiger partial charge in [-0.1, -0.05) is 24.6 Å². The van der Waals surface area contributed by atoms with Crippen molar-refractivity contribution in [1.82, 2.24) is 19.7 Å². The summed E-state index contributed by atoms with van der Waals surface area (Å²) in [7, 11) is 0. The van der Waals surface area contributed by atoms with Gasteiger partial charge in [0.05, 0.1) is 6.20 Å². The van der Waals surface area contributed by atoms with E-state index in [2.05, 4.69) is 10.1 Å². The number of hydrogen-bond donors (Lipinski definition) is 1. The van der Waals surface area contributed by atoms with E-state index < -0.39 is 23.9 Å². The first-order valence-electron chi connectivity index (χ1n) is 10.3. The first-order valence-corrected chi connectivity index (χ1v) is 11.6. The third-order valence-corrected chi connectivity index (χ3v) is 7.20. The maximum absolute atomic E-state index is 13.8. The molecule has 0 spiro atoms. The maximum Gasteiger partial charge on any atom is 0.333 e. The summed E-state index contributed by atoms with van der Waals surface area (Å²) in [6, 6.07) is 3.44. The summed E-state index contributed by atoms with van der Waals surface area (Å²) in [4.78, 5) is 11.4. The van der Waals surface area contributed by atoms with Crippen LogP contribution in [-0.2, 0) is 0 Å². The number of nitrogens with two attached hydrogens (primary N) is 1. The van der Waals surface area contributed by atoms with E-state index in [9.17, 15) is 13.2 Å². The van der Waals surface area contributed by atoms with Crippen molar-refractivity contribution in [2.45, 2.75) is 37.9 Å². The fourth-order valence-corrected chi connectivity index (χ4v) is 5.26. The van der Waals surface area contributed by atoms with E-state index in [0.29, 0.717) is 51.6 Å². The molecule has 2 aliphatic heterocycles. The first-order chi connectivity index (χ1) is 15.8. The number of alkyl halides is 2. The zero-order valence-corrected chi connectivity index (χ0v) is 19.1. The summed E-state index contributed by atoms with van der Waals surface area (Å²) in [6.45, 7) is -0.255. The Balaban J connectivity index is 1.76. The predicted molar refractivity (Wildman–Crippen MR) is 122 cm³/mol. The summed E-state index contributed by atoms with van der Waals surface area (Å²) >= 11 is 7.89. The lowest BCUT2D eigenvalue weighted by atomic mass is 9.88. The minimum atomic E-state index is -2.78. The van der Waals surface area contributed by atoms with Gasteiger partial charge in [0.25, 0.3) is 0 Å². The molecule has 0 unspecified atom stereocenters. The molecular weight excluding hydrogens is 473 g/mol. The van der Waals surface area contributed by atoms with Crippen LogP contribution >= 0.6 is 22.9 Å². The van der Waals surface area contributed by atoms with Gasteiger partial charge in [-0.05, 0) is 24.1 Å². The van der Waals surface area contributed by atoms with Gasteiger partial charge in [0.15, 0.2) is 10.8 Å². The number of nitrogens with zero attached hydrogens (tertiary/aromatic N) is 5. The molecule has 0 saturated carbocycles. The van der Waals surface area contributed by atoms with Crippen LogP contribution in [-0.4, -0.2) is 37.6 Å². The SMILES string of the molecule is CC[C@@]1(N)CC2=C(c3cnn(C(F)F)c3)[C@H](c3ccc(F)cc3Cl)N=C(c3nccs3)N2C1. The van der Waals surface area contributed by atoms with Crippen LogP contribution in [0, 0.1) is 5.82 Å². The van der Waals surface area contributed by atoms with Crippen LogP contribution in [0.15, 0.2) is 52.9 Å². The van der Waals surface area contributed by atoms with Gasteiger partial charge in [0.2, 0.25) is 0 Å². The van der Waals surface area contributed by atoms with E-state index in [0.717, 1.165) is 5.70 Å². The molecule has 11 heteroatoms. The largest absolute Gasteiger partial charge is 0.333 e.